The zero-order valence-electron chi connectivity index (χ0n) is 25.4. The second-order valence-corrected chi connectivity index (χ2v) is 14.0. The van der Waals surface area contributed by atoms with Crippen molar-refractivity contribution in [3.05, 3.63) is 58.4 Å². The van der Waals surface area contributed by atoms with Gasteiger partial charge < -0.3 is 24.1 Å². The SMILES string of the molecule is CC(C)=CCC1C(=O)C2=C(OC(C)(C)C=C2)C(=O)C12OC(=O)C1=CC3(O)CC4C(C)(C)OC(CC=C(C)C)(C3=O)C14O2. The van der Waals surface area contributed by atoms with Crippen LogP contribution in [-0.2, 0) is 38.1 Å². The molecule has 0 aromatic heterocycles. The second-order valence-electron chi connectivity index (χ2n) is 14.0. The summed E-state index contributed by atoms with van der Waals surface area (Å²) in [5, 5.41) is 11.6. The molecule has 4 aliphatic carbocycles. The van der Waals surface area contributed by atoms with E-state index in [0.29, 0.717) is 0 Å². The van der Waals surface area contributed by atoms with E-state index in [2.05, 4.69) is 0 Å². The molecule has 0 amide bonds. The lowest BCUT2D eigenvalue weighted by atomic mass is 9.50. The lowest BCUT2D eigenvalue weighted by molar-refractivity contribution is -0.320. The summed E-state index contributed by atoms with van der Waals surface area (Å²) in [6.45, 7) is 14.5. The van der Waals surface area contributed by atoms with Gasteiger partial charge in [0.25, 0.3) is 11.6 Å². The van der Waals surface area contributed by atoms with Gasteiger partial charge in [-0.25, -0.2) is 4.79 Å². The van der Waals surface area contributed by atoms with Crippen LogP contribution in [0.25, 0.3) is 0 Å². The predicted molar refractivity (Wildman–Crippen MR) is 150 cm³/mol. The number of carbonyl (C=O) groups is 4. The quantitative estimate of drug-likeness (QED) is 0.391. The third kappa shape index (κ3) is 3.47. The summed E-state index contributed by atoms with van der Waals surface area (Å²) in [6, 6.07) is 0. The molecule has 1 N–H and O–H groups in total. The number of hydrogen-bond donors (Lipinski definition) is 1. The molecule has 0 radical (unpaired) electrons. The van der Waals surface area contributed by atoms with Gasteiger partial charge >= 0.3 is 5.97 Å². The first-order valence-corrected chi connectivity index (χ1v) is 14.5. The molecule has 1 saturated carbocycles. The number of rotatable bonds is 4. The highest BCUT2D eigenvalue weighted by atomic mass is 16.8. The van der Waals surface area contributed by atoms with Crippen LogP contribution in [0.4, 0.5) is 0 Å². The Morgan fingerprint density at radius 3 is 2.29 bits per heavy atom. The number of ether oxygens (including phenoxy) is 4. The molecule has 7 aliphatic rings. The first-order valence-electron chi connectivity index (χ1n) is 14.5. The lowest BCUT2D eigenvalue weighted by Gasteiger charge is -2.61. The van der Waals surface area contributed by atoms with Gasteiger partial charge in [0.1, 0.15) is 16.8 Å². The summed E-state index contributed by atoms with van der Waals surface area (Å²) in [5.74, 6) is -7.49. The van der Waals surface area contributed by atoms with Crippen molar-refractivity contribution in [3.8, 4) is 0 Å². The summed E-state index contributed by atoms with van der Waals surface area (Å²) >= 11 is 0. The van der Waals surface area contributed by atoms with E-state index in [9.17, 15) is 24.3 Å². The topological polar surface area (TPSA) is 125 Å². The first-order chi connectivity index (χ1) is 19.4. The minimum atomic E-state index is -2.43. The second kappa shape index (κ2) is 8.49. The molecule has 3 fully saturated rings. The minimum Gasteiger partial charge on any atom is -0.479 e. The van der Waals surface area contributed by atoms with E-state index >= 15 is 0 Å². The number of esters is 1. The summed E-state index contributed by atoms with van der Waals surface area (Å²) in [6.07, 6.45) is 8.02. The number of allylic oxidation sites excluding steroid dienone is 5. The smallest absolute Gasteiger partial charge is 0.339 e. The molecule has 3 aliphatic heterocycles. The van der Waals surface area contributed by atoms with Crippen LogP contribution in [0.15, 0.2) is 58.4 Å². The van der Waals surface area contributed by atoms with Gasteiger partial charge in [-0.15, -0.1) is 0 Å². The molecule has 6 unspecified atom stereocenters. The van der Waals surface area contributed by atoms with Gasteiger partial charge in [0.15, 0.2) is 17.1 Å². The molecular formula is C33H38O9. The number of carbonyl (C=O) groups excluding carboxylic acids is 4. The normalized spacial score (nSPS) is 40.3. The van der Waals surface area contributed by atoms with Crippen molar-refractivity contribution in [2.24, 2.45) is 11.8 Å². The Kier molecular flexibility index (Phi) is 5.85. The lowest BCUT2D eigenvalue weighted by Crippen LogP contribution is -2.80. The van der Waals surface area contributed by atoms with Crippen LogP contribution in [0, 0.1) is 11.8 Å². The number of aliphatic hydroxyl groups is 1. The van der Waals surface area contributed by atoms with E-state index in [1.165, 1.54) is 6.08 Å². The highest BCUT2D eigenvalue weighted by molar-refractivity contribution is 6.19. The third-order valence-electron chi connectivity index (χ3n) is 9.59. The van der Waals surface area contributed by atoms with Gasteiger partial charge in [0.05, 0.1) is 22.7 Å². The van der Waals surface area contributed by atoms with Crippen molar-refractivity contribution in [1.29, 1.82) is 0 Å². The summed E-state index contributed by atoms with van der Waals surface area (Å²) in [5.41, 5.74) is -5.81. The monoisotopic (exact) mass is 578 g/mol. The van der Waals surface area contributed by atoms with Gasteiger partial charge in [0.2, 0.25) is 5.78 Å². The molecule has 0 aromatic rings. The van der Waals surface area contributed by atoms with Crippen LogP contribution in [-0.4, -0.2) is 62.2 Å². The van der Waals surface area contributed by atoms with Crippen LogP contribution in [0.1, 0.15) is 74.7 Å². The maximum atomic E-state index is 14.6. The molecule has 0 aromatic carbocycles. The Bertz CT molecular complexity index is 1510. The summed E-state index contributed by atoms with van der Waals surface area (Å²) < 4.78 is 25.6. The maximum absolute atomic E-state index is 14.6. The van der Waals surface area contributed by atoms with E-state index in [1.54, 1.807) is 52.0 Å². The van der Waals surface area contributed by atoms with E-state index in [0.717, 1.165) is 11.1 Å². The Morgan fingerprint density at radius 2 is 1.64 bits per heavy atom. The van der Waals surface area contributed by atoms with Gasteiger partial charge in [-0.2, -0.15) is 0 Å². The first kappa shape index (κ1) is 29.0. The fraction of sp³-hybridized carbons (Fsp3) is 0.576. The maximum Gasteiger partial charge on any atom is 0.339 e. The molecule has 6 atom stereocenters. The average Bonchev–Trinajstić information content (AvgIpc) is 3.03. The molecule has 7 rings (SSSR count). The van der Waals surface area contributed by atoms with Crippen molar-refractivity contribution < 1.29 is 43.2 Å². The zero-order chi connectivity index (χ0) is 30.8. The molecule has 3 heterocycles. The van der Waals surface area contributed by atoms with Crippen LogP contribution < -0.4 is 0 Å². The molecule has 9 heteroatoms. The van der Waals surface area contributed by atoms with Crippen molar-refractivity contribution in [2.45, 2.75) is 108 Å². The minimum absolute atomic E-state index is 0.0158. The van der Waals surface area contributed by atoms with Crippen LogP contribution >= 0.6 is 0 Å². The van der Waals surface area contributed by atoms with E-state index in [4.69, 9.17) is 18.9 Å². The summed E-state index contributed by atoms with van der Waals surface area (Å²) in [7, 11) is 0. The molecule has 224 valence electrons. The van der Waals surface area contributed by atoms with Crippen molar-refractivity contribution >= 4 is 23.3 Å². The molecule has 9 nitrogen and oxygen atoms in total. The van der Waals surface area contributed by atoms with Gasteiger partial charge in [-0.1, -0.05) is 23.3 Å². The standard InChI is InChI=1S/C33H38O9/c1-17(2)9-10-20-23(34)19-12-13-28(5,6)39-24(19)25(35)33(20)40-26(36)21-15-30(38)16-22-29(7,8)41-31(27(30)37,14-11-18(3)4)32(21,22)42-33/h9,11-13,15,20,22,38H,10,14,16H2,1-8H3. The Labute approximate surface area is 245 Å². The Hall–Kier alpha value is -3.14. The molecule has 42 heavy (non-hydrogen) atoms. The van der Waals surface area contributed by atoms with E-state index < -0.39 is 68.9 Å². The number of Topliss-reactive ketones (excluding diaryl/α,β-unsaturated/α-hetero) is 3. The molecule has 4 bridgehead atoms. The Morgan fingerprint density at radius 1 is 0.976 bits per heavy atom. The molecular weight excluding hydrogens is 540 g/mol. The number of hydrogen-bond acceptors (Lipinski definition) is 9. The van der Waals surface area contributed by atoms with Crippen molar-refractivity contribution in [2.75, 3.05) is 0 Å². The fourth-order valence-electron chi connectivity index (χ4n) is 7.71. The Balaban J connectivity index is 1.63. The van der Waals surface area contributed by atoms with Gasteiger partial charge in [-0.3, -0.25) is 14.4 Å². The zero-order valence-corrected chi connectivity index (χ0v) is 25.4. The van der Waals surface area contributed by atoms with Gasteiger partial charge in [-0.05, 0) is 86.5 Å². The molecule has 2 saturated heterocycles. The van der Waals surface area contributed by atoms with Crippen molar-refractivity contribution in [3.63, 3.8) is 0 Å². The van der Waals surface area contributed by atoms with Crippen LogP contribution in [0.5, 0.6) is 0 Å². The number of ketones is 3. The average molecular weight is 579 g/mol. The molecule has 2 spiro atoms. The summed E-state index contributed by atoms with van der Waals surface area (Å²) in [4.78, 5) is 57.3. The fourth-order valence-corrected chi connectivity index (χ4v) is 7.71. The highest BCUT2D eigenvalue weighted by Gasteiger charge is 2.86. The third-order valence-corrected chi connectivity index (χ3v) is 9.59. The highest BCUT2D eigenvalue weighted by Crippen LogP contribution is 2.69. The van der Waals surface area contributed by atoms with Gasteiger partial charge in [0, 0.05) is 12.3 Å². The van der Waals surface area contributed by atoms with Crippen LogP contribution in [0.3, 0.4) is 0 Å². The largest absolute Gasteiger partial charge is 0.479 e. The van der Waals surface area contributed by atoms with E-state index in [1.807, 2.05) is 27.7 Å². The van der Waals surface area contributed by atoms with Crippen molar-refractivity contribution in [1.82, 2.24) is 0 Å². The van der Waals surface area contributed by atoms with Crippen LogP contribution in [0.2, 0.25) is 0 Å². The van der Waals surface area contributed by atoms with E-state index in [-0.39, 0.29) is 36.2 Å². The predicted octanol–water partition coefficient (Wildman–Crippen LogP) is 3.90.